The van der Waals surface area contributed by atoms with Crippen molar-refractivity contribution in [3.63, 3.8) is 0 Å². The quantitative estimate of drug-likeness (QED) is 0.891. The van der Waals surface area contributed by atoms with Crippen molar-refractivity contribution in [2.75, 3.05) is 31.1 Å². The van der Waals surface area contributed by atoms with Crippen LogP contribution >= 0.6 is 0 Å². The molecule has 1 aromatic carbocycles. The molecule has 0 unspecified atom stereocenters. The van der Waals surface area contributed by atoms with Gasteiger partial charge in [0, 0.05) is 31.7 Å². The van der Waals surface area contributed by atoms with Gasteiger partial charge >= 0.3 is 6.03 Å². The SMILES string of the molecule is CCOc1ccc(N2C[C@H](NC(=O)N3C[C@@H](C)O[C@@H](C)C3)CC2=O)cc1. The molecule has 0 radical (unpaired) electrons. The molecule has 3 amide bonds. The summed E-state index contributed by atoms with van der Waals surface area (Å²) in [5.41, 5.74) is 0.823. The molecule has 26 heavy (non-hydrogen) atoms. The highest BCUT2D eigenvalue weighted by molar-refractivity contribution is 5.96. The summed E-state index contributed by atoms with van der Waals surface area (Å²) >= 11 is 0. The molecule has 2 aliphatic rings. The first-order valence-electron chi connectivity index (χ1n) is 9.20. The van der Waals surface area contributed by atoms with Crippen molar-refractivity contribution in [2.45, 2.75) is 45.4 Å². The van der Waals surface area contributed by atoms with Gasteiger partial charge in [0.15, 0.2) is 0 Å². The number of amides is 3. The molecule has 0 bridgehead atoms. The number of carbonyl (C=O) groups excluding carboxylic acids is 2. The predicted octanol–water partition coefficient (Wildman–Crippen LogP) is 2.01. The van der Waals surface area contributed by atoms with Crippen LogP contribution in [-0.4, -0.2) is 61.3 Å². The van der Waals surface area contributed by atoms with Crippen LogP contribution in [0.2, 0.25) is 0 Å². The number of urea groups is 1. The Morgan fingerprint density at radius 3 is 2.46 bits per heavy atom. The van der Waals surface area contributed by atoms with Crippen LogP contribution in [0.1, 0.15) is 27.2 Å². The largest absolute Gasteiger partial charge is 0.494 e. The van der Waals surface area contributed by atoms with Gasteiger partial charge in [-0.25, -0.2) is 4.79 Å². The zero-order chi connectivity index (χ0) is 18.7. The minimum Gasteiger partial charge on any atom is -0.494 e. The topological polar surface area (TPSA) is 71.1 Å². The zero-order valence-corrected chi connectivity index (χ0v) is 15.6. The number of nitrogens with one attached hydrogen (secondary N) is 1. The van der Waals surface area contributed by atoms with Crippen LogP contribution in [0.4, 0.5) is 10.5 Å². The third-order valence-electron chi connectivity index (χ3n) is 4.62. The van der Waals surface area contributed by atoms with Gasteiger partial charge in [0.1, 0.15) is 5.75 Å². The molecule has 2 saturated heterocycles. The maximum absolute atomic E-state index is 12.5. The number of carbonyl (C=O) groups is 2. The molecule has 0 aliphatic carbocycles. The van der Waals surface area contributed by atoms with E-state index >= 15 is 0 Å². The molecule has 2 aliphatic heterocycles. The van der Waals surface area contributed by atoms with Gasteiger partial charge in [-0.3, -0.25) is 4.79 Å². The summed E-state index contributed by atoms with van der Waals surface area (Å²) in [4.78, 5) is 28.4. The number of nitrogens with zero attached hydrogens (tertiary/aromatic N) is 2. The first-order valence-corrected chi connectivity index (χ1v) is 9.20. The molecular formula is C19H27N3O4. The summed E-state index contributed by atoms with van der Waals surface area (Å²) in [5, 5.41) is 3.00. The Hall–Kier alpha value is -2.28. The van der Waals surface area contributed by atoms with Crippen molar-refractivity contribution in [2.24, 2.45) is 0 Å². The van der Waals surface area contributed by atoms with Crippen molar-refractivity contribution in [1.29, 1.82) is 0 Å². The summed E-state index contributed by atoms with van der Waals surface area (Å²) in [6.45, 7) is 8.08. The van der Waals surface area contributed by atoms with E-state index in [1.807, 2.05) is 45.0 Å². The zero-order valence-electron chi connectivity index (χ0n) is 15.6. The lowest BCUT2D eigenvalue weighted by Crippen LogP contribution is -2.53. The second-order valence-electron chi connectivity index (χ2n) is 6.94. The van der Waals surface area contributed by atoms with E-state index in [9.17, 15) is 9.59 Å². The van der Waals surface area contributed by atoms with Gasteiger partial charge in [-0.15, -0.1) is 0 Å². The number of ether oxygens (including phenoxy) is 2. The number of anilines is 1. The van der Waals surface area contributed by atoms with E-state index in [0.29, 0.717) is 32.7 Å². The van der Waals surface area contributed by atoms with E-state index in [1.165, 1.54) is 0 Å². The standard InChI is InChI=1S/C19H27N3O4/c1-4-25-17-7-5-16(6-8-17)22-12-15(9-18(22)23)20-19(24)21-10-13(2)26-14(3)11-21/h5-8,13-15H,4,9-12H2,1-3H3,(H,20,24)/t13-,14+,15-/m1/s1. The van der Waals surface area contributed by atoms with Crippen molar-refractivity contribution in [3.05, 3.63) is 24.3 Å². The fraction of sp³-hybridized carbons (Fsp3) is 0.579. The number of hydrogen-bond donors (Lipinski definition) is 1. The summed E-state index contributed by atoms with van der Waals surface area (Å²) in [5.74, 6) is 0.798. The van der Waals surface area contributed by atoms with Gasteiger partial charge in [0.05, 0.1) is 24.9 Å². The maximum Gasteiger partial charge on any atom is 0.317 e. The van der Waals surface area contributed by atoms with Gasteiger partial charge in [-0.05, 0) is 45.0 Å². The average molecular weight is 361 g/mol. The molecule has 1 aromatic rings. The summed E-state index contributed by atoms with van der Waals surface area (Å²) in [7, 11) is 0. The minimum atomic E-state index is -0.185. The van der Waals surface area contributed by atoms with Crippen molar-refractivity contribution >= 4 is 17.6 Å². The Morgan fingerprint density at radius 1 is 1.19 bits per heavy atom. The molecule has 0 spiro atoms. The van der Waals surface area contributed by atoms with Crippen LogP contribution < -0.4 is 15.0 Å². The molecule has 0 saturated carbocycles. The van der Waals surface area contributed by atoms with E-state index in [0.717, 1.165) is 11.4 Å². The Morgan fingerprint density at radius 2 is 1.85 bits per heavy atom. The lowest BCUT2D eigenvalue weighted by Gasteiger charge is -2.35. The van der Waals surface area contributed by atoms with Gasteiger partial charge in [-0.2, -0.15) is 0 Å². The molecule has 7 nitrogen and oxygen atoms in total. The van der Waals surface area contributed by atoms with Crippen LogP contribution in [0.3, 0.4) is 0 Å². The predicted molar refractivity (Wildman–Crippen MR) is 98.5 cm³/mol. The molecule has 3 rings (SSSR count). The van der Waals surface area contributed by atoms with Crippen LogP contribution in [0.25, 0.3) is 0 Å². The van der Waals surface area contributed by atoms with E-state index in [4.69, 9.17) is 9.47 Å². The lowest BCUT2D eigenvalue weighted by atomic mass is 10.2. The van der Waals surface area contributed by atoms with E-state index in [2.05, 4.69) is 5.32 Å². The highest BCUT2D eigenvalue weighted by Crippen LogP contribution is 2.24. The third kappa shape index (κ3) is 4.27. The van der Waals surface area contributed by atoms with Gasteiger partial charge < -0.3 is 24.6 Å². The minimum absolute atomic E-state index is 0.0168. The summed E-state index contributed by atoms with van der Waals surface area (Å²) < 4.78 is 11.1. The molecule has 0 aromatic heterocycles. The van der Waals surface area contributed by atoms with Gasteiger partial charge in [0.25, 0.3) is 0 Å². The molecule has 7 heteroatoms. The third-order valence-corrected chi connectivity index (χ3v) is 4.62. The Kier molecular flexibility index (Phi) is 5.66. The second kappa shape index (κ2) is 7.95. The molecule has 2 fully saturated rings. The van der Waals surface area contributed by atoms with Crippen molar-refractivity contribution in [3.8, 4) is 5.75 Å². The number of rotatable bonds is 4. The Labute approximate surface area is 154 Å². The number of benzene rings is 1. The Balaban J connectivity index is 1.58. The highest BCUT2D eigenvalue weighted by Gasteiger charge is 2.34. The molecule has 1 N–H and O–H groups in total. The maximum atomic E-state index is 12.5. The molecule has 3 atom stereocenters. The summed E-state index contributed by atoms with van der Waals surface area (Å²) in [6, 6.07) is 7.15. The van der Waals surface area contributed by atoms with E-state index < -0.39 is 0 Å². The molecule has 2 heterocycles. The van der Waals surface area contributed by atoms with Crippen LogP contribution in [0.15, 0.2) is 24.3 Å². The van der Waals surface area contributed by atoms with Crippen molar-refractivity contribution in [1.82, 2.24) is 10.2 Å². The Bertz CT molecular complexity index is 639. The number of hydrogen-bond acceptors (Lipinski definition) is 4. The monoisotopic (exact) mass is 361 g/mol. The first-order chi connectivity index (χ1) is 12.5. The van der Waals surface area contributed by atoms with E-state index in [1.54, 1.807) is 9.80 Å². The van der Waals surface area contributed by atoms with Crippen LogP contribution in [-0.2, 0) is 9.53 Å². The van der Waals surface area contributed by atoms with Crippen LogP contribution in [0.5, 0.6) is 5.75 Å². The fourth-order valence-corrected chi connectivity index (χ4v) is 3.55. The summed E-state index contributed by atoms with van der Waals surface area (Å²) in [6.07, 6.45) is 0.360. The van der Waals surface area contributed by atoms with E-state index in [-0.39, 0.29) is 30.2 Å². The van der Waals surface area contributed by atoms with Gasteiger partial charge in [-0.1, -0.05) is 0 Å². The first kappa shape index (κ1) is 18.5. The average Bonchev–Trinajstić information content (AvgIpc) is 2.95. The van der Waals surface area contributed by atoms with Gasteiger partial charge in [0.2, 0.25) is 5.91 Å². The normalized spacial score (nSPS) is 26.1. The van der Waals surface area contributed by atoms with Crippen LogP contribution in [0, 0.1) is 0 Å². The second-order valence-corrected chi connectivity index (χ2v) is 6.94. The smallest absolute Gasteiger partial charge is 0.317 e. The highest BCUT2D eigenvalue weighted by atomic mass is 16.5. The molecule has 142 valence electrons. The molecular weight excluding hydrogens is 334 g/mol. The lowest BCUT2D eigenvalue weighted by molar-refractivity contribution is -0.117. The number of morpholine rings is 1. The fourth-order valence-electron chi connectivity index (χ4n) is 3.55. The van der Waals surface area contributed by atoms with Crippen molar-refractivity contribution < 1.29 is 19.1 Å².